The molecule has 5 nitrogen and oxygen atoms in total. The number of hydrogen-bond donors (Lipinski definition) is 1. The van der Waals surface area contributed by atoms with E-state index in [1.807, 2.05) is 12.3 Å². The number of aromatic nitrogens is 5. The molecule has 0 aliphatic carbocycles. The van der Waals surface area contributed by atoms with Gasteiger partial charge in [-0.15, -0.1) is 0 Å². The number of nitrogens with zero attached hydrogens (tertiary/aromatic N) is 4. The quantitative estimate of drug-likeness (QED) is 0.205. The summed E-state index contributed by atoms with van der Waals surface area (Å²) in [6.07, 6.45) is 1.87. The highest BCUT2D eigenvalue weighted by molar-refractivity contribution is 6.14. The van der Waals surface area contributed by atoms with Crippen molar-refractivity contribution in [3.63, 3.8) is 0 Å². The second-order valence-electron chi connectivity index (χ2n) is 13.7. The molecule has 10 rings (SSSR count). The van der Waals surface area contributed by atoms with Crippen molar-refractivity contribution in [2.45, 2.75) is 27.7 Å². The highest BCUT2D eigenvalue weighted by atomic mass is 15.1. The predicted octanol–water partition coefficient (Wildman–Crippen LogP) is 11.7. The number of aromatic amines is 1. The molecular weight excluding hydrogens is 623 g/mol. The van der Waals surface area contributed by atoms with Crippen LogP contribution in [-0.2, 0) is 0 Å². The molecule has 0 radical (unpaired) electrons. The van der Waals surface area contributed by atoms with Crippen LogP contribution in [0.15, 0.2) is 134 Å². The maximum atomic E-state index is 5.56. The minimum Gasteiger partial charge on any atom is -0.354 e. The molecule has 0 amide bonds. The maximum absolute atomic E-state index is 5.56. The highest BCUT2D eigenvalue weighted by Gasteiger charge is 2.23. The summed E-state index contributed by atoms with van der Waals surface area (Å²) in [6.45, 7) is 8.85. The minimum atomic E-state index is 0.910. The topological polar surface area (TPSA) is 51.4 Å². The van der Waals surface area contributed by atoms with Gasteiger partial charge < -0.3 is 4.98 Å². The van der Waals surface area contributed by atoms with Crippen molar-refractivity contribution in [3.05, 3.63) is 156 Å². The highest BCUT2D eigenvalue weighted by Crippen LogP contribution is 2.41. The molecule has 244 valence electrons. The summed E-state index contributed by atoms with van der Waals surface area (Å²) in [5, 5.41) is 4.91. The Morgan fingerprint density at radius 3 is 2.20 bits per heavy atom. The van der Waals surface area contributed by atoms with Crippen LogP contribution < -0.4 is 0 Å². The third-order valence-corrected chi connectivity index (χ3v) is 10.9. The number of para-hydroxylation sites is 4. The fourth-order valence-corrected chi connectivity index (χ4v) is 8.17. The Labute approximate surface area is 295 Å². The fraction of sp³-hybridized carbons (Fsp3) is 0.0870. The Morgan fingerprint density at radius 1 is 0.549 bits per heavy atom. The number of rotatable bonds is 4. The van der Waals surface area contributed by atoms with Gasteiger partial charge in [0.1, 0.15) is 11.6 Å². The lowest BCUT2D eigenvalue weighted by molar-refractivity contribution is 1.08. The number of nitrogens with one attached hydrogen (secondary N) is 1. The van der Waals surface area contributed by atoms with E-state index in [-0.39, 0.29) is 0 Å². The van der Waals surface area contributed by atoms with Crippen LogP contribution in [0.2, 0.25) is 0 Å². The molecule has 10 aromatic rings. The zero-order chi connectivity index (χ0) is 34.4. The zero-order valence-corrected chi connectivity index (χ0v) is 29.0. The molecule has 51 heavy (non-hydrogen) atoms. The van der Waals surface area contributed by atoms with Gasteiger partial charge in [-0.1, -0.05) is 78.9 Å². The molecule has 0 atom stereocenters. The fourth-order valence-electron chi connectivity index (χ4n) is 8.17. The van der Waals surface area contributed by atoms with Gasteiger partial charge in [-0.3, -0.25) is 9.13 Å². The van der Waals surface area contributed by atoms with E-state index in [1.165, 1.54) is 49.3 Å². The Balaban J connectivity index is 1.28. The lowest BCUT2D eigenvalue weighted by atomic mass is 9.97. The van der Waals surface area contributed by atoms with E-state index in [0.717, 1.165) is 61.6 Å². The second kappa shape index (κ2) is 11.0. The average Bonchev–Trinajstić information content (AvgIpc) is 3.84. The largest absolute Gasteiger partial charge is 0.354 e. The molecule has 0 saturated heterocycles. The Morgan fingerprint density at radius 2 is 1.33 bits per heavy atom. The van der Waals surface area contributed by atoms with Crippen molar-refractivity contribution >= 4 is 54.6 Å². The SMILES string of the molecule is Cc1ccccc1-n1c(-c2cccc3c2[nH]c2ccccc23)nc2c(-c3ccc4c5c(C)c(C)c(C)cc5n(-c5ccccn5)c4c3)cccc21. The molecule has 6 aromatic carbocycles. The molecule has 4 heterocycles. The summed E-state index contributed by atoms with van der Waals surface area (Å²) < 4.78 is 4.66. The molecule has 0 aliphatic rings. The van der Waals surface area contributed by atoms with E-state index in [9.17, 15) is 0 Å². The molecule has 0 spiro atoms. The first-order chi connectivity index (χ1) is 25.0. The van der Waals surface area contributed by atoms with Gasteiger partial charge in [0.2, 0.25) is 0 Å². The Hall–Kier alpha value is -6.46. The molecule has 0 saturated carbocycles. The van der Waals surface area contributed by atoms with E-state index in [2.05, 4.69) is 163 Å². The molecule has 1 N–H and O–H groups in total. The standard InChI is InChI=1S/C46H35N5/c1-27-13-5-8-19-38(27)51-39-20-12-15-32(45(39)49-46(51)36-17-11-16-34-33-14-6-7-18-37(33)48-44(34)36)31-22-23-35-40(26-31)50(42-21-9-10-24-47-42)41-25-28(2)29(3)30(4)43(35)41/h5-26,48H,1-4H3. The van der Waals surface area contributed by atoms with Crippen LogP contribution in [0.4, 0.5) is 0 Å². The number of benzene rings is 6. The van der Waals surface area contributed by atoms with Crippen molar-refractivity contribution < 1.29 is 0 Å². The van der Waals surface area contributed by atoms with Crippen LogP contribution in [-0.4, -0.2) is 24.1 Å². The van der Waals surface area contributed by atoms with Crippen molar-refractivity contribution in [2.24, 2.45) is 0 Å². The second-order valence-corrected chi connectivity index (χ2v) is 13.7. The summed E-state index contributed by atoms with van der Waals surface area (Å²) in [5.41, 5.74) is 16.1. The summed E-state index contributed by atoms with van der Waals surface area (Å²) in [7, 11) is 0. The van der Waals surface area contributed by atoms with E-state index >= 15 is 0 Å². The number of fused-ring (bicyclic) bond motifs is 7. The summed E-state index contributed by atoms with van der Waals surface area (Å²) in [5.74, 6) is 1.82. The Bertz CT molecular complexity index is 3010. The number of imidazole rings is 1. The van der Waals surface area contributed by atoms with Crippen molar-refractivity contribution in [1.82, 2.24) is 24.1 Å². The first-order valence-corrected chi connectivity index (χ1v) is 17.5. The molecular formula is C46H35N5. The monoisotopic (exact) mass is 657 g/mol. The van der Waals surface area contributed by atoms with E-state index in [1.54, 1.807) is 0 Å². The van der Waals surface area contributed by atoms with Gasteiger partial charge in [0.05, 0.1) is 33.3 Å². The van der Waals surface area contributed by atoms with E-state index in [0.29, 0.717) is 0 Å². The van der Waals surface area contributed by atoms with Crippen LogP contribution in [0.5, 0.6) is 0 Å². The van der Waals surface area contributed by atoms with Crippen LogP contribution in [0.25, 0.3) is 88.7 Å². The maximum Gasteiger partial charge on any atom is 0.147 e. The number of H-pyrrole nitrogens is 1. The number of hydrogen-bond acceptors (Lipinski definition) is 2. The lowest BCUT2D eigenvalue weighted by Crippen LogP contribution is -2.00. The molecule has 5 heteroatoms. The Kier molecular flexibility index (Phi) is 6.37. The van der Waals surface area contributed by atoms with E-state index in [4.69, 9.17) is 9.97 Å². The van der Waals surface area contributed by atoms with Gasteiger partial charge in [-0.25, -0.2) is 9.97 Å². The molecule has 0 unspecified atom stereocenters. The number of aryl methyl sites for hydroxylation is 3. The van der Waals surface area contributed by atoms with Gasteiger partial charge >= 0.3 is 0 Å². The molecule has 0 aliphatic heterocycles. The van der Waals surface area contributed by atoms with Gasteiger partial charge in [-0.05, 0) is 104 Å². The summed E-state index contributed by atoms with van der Waals surface area (Å²) in [6, 6.07) is 45.5. The van der Waals surface area contributed by atoms with Gasteiger partial charge in [0, 0.05) is 44.4 Å². The molecule has 4 aromatic heterocycles. The summed E-state index contributed by atoms with van der Waals surface area (Å²) >= 11 is 0. The smallest absolute Gasteiger partial charge is 0.147 e. The first kappa shape index (κ1) is 29.5. The summed E-state index contributed by atoms with van der Waals surface area (Å²) in [4.78, 5) is 14.1. The van der Waals surface area contributed by atoms with Crippen molar-refractivity contribution in [3.8, 4) is 34.0 Å². The minimum absolute atomic E-state index is 0.910. The third-order valence-electron chi connectivity index (χ3n) is 10.9. The average molecular weight is 658 g/mol. The van der Waals surface area contributed by atoms with E-state index < -0.39 is 0 Å². The molecule has 0 bridgehead atoms. The van der Waals surface area contributed by atoms with Crippen LogP contribution in [0.1, 0.15) is 22.3 Å². The van der Waals surface area contributed by atoms with Gasteiger partial charge in [0.15, 0.2) is 0 Å². The van der Waals surface area contributed by atoms with Crippen LogP contribution in [0, 0.1) is 27.7 Å². The zero-order valence-electron chi connectivity index (χ0n) is 29.0. The normalized spacial score (nSPS) is 11.9. The first-order valence-electron chi connectivity index (χ1n) is 17.5. The predicted molar refractivity (Wildman–Crippen MR) is 212 cm³/mol. The number of pyridine rings is 1. The third kappa shape index (κ3) is 4.28. The molecule has 0 fully saturated rings. The van der Waals surface area contributed by atoms with Gasteiger partial charge in [-0.2, -0.15) is 0 Å². The lowest BCUT2D eigenvalue weighted by Gasteiger charge is -2.13. The van der Waals surface area contributed by atoms with Gasteiger partial charge in [0.25, 0.3) is 0 Å². The van der Waals surface area contributed by atoms with Crippen molar-refractivity contribution in [1.29, 1.82) is 0 Å². The van der Waals surface area contributed by atoms with Crippen LogP contribution in [0.3, 0.4) is 0 Å². The van der Waals surface area contributed by atoms with Crippen LogP contribution >= 0.6 is 0 Å². The van der Waals surface area contributed by atoms with Crippen molar-refractivity contribution in [2.75, 3.05) is 0 Å².